The van der Waals surface area contributed by atoms with Crippen LogP contribution in [0.5, 0.6) is 5.75 Å². The first-order valence-corrected chi connectivity index (χ1v) is 23.2. The lowest BCUT2D eigenvalue weighted by molar-refractivity contribution is 0.446. The molecular formula is C63H55N3O. The number of pyridine rings is 1. The molecule has 2 aromatic heterocycles. The largest absolute Gasteiger partial charge is 0.507 e. The van der Waals surface area contributed by atoms with Crippen LogP contribution in [0.3, 0.4) is 0 Å². The molecular weight excluding hydrogens is 815 g/mol. The summed E-state index contributed by atoms with van der Waals surface area (Å²) in [4.78, 5) is 10.7. The lowest BCUT2D eigenvalue weighted by Crippen LogP contribution is -2.17. The van der Waals surface area contributed by atoms with Crippen molar-refractivity contribution in [3.8, 4) is 89.7 Å². The number of benzene rings is 8. The van der Waals surface area contributed by atoms with Gasteiger partial charge in [0, 0.05) is 28.5 Å². The third-order valence-corrected chi connectivity index (χ3v) is 13.0. The lowest BCUT2D eigenvalue weighted by atomic mass is 9.79. The fraction of sp³-hybridized carbons (Fsp3) is 0.143. The van der Waals surface area contributed by atoms with E-state index in [4.69, 9.17) is 9.97 Å². The number of rotatable bonds is 8. The van der Waals surface area contributed by atoms with Gasteiger partial charge in [0.05, 0.1) is 28.0 Å². The SMILES string of the molecule is Cc1cc(-c2ccccc2)c(-n2c(-c3cc(C(C)(C)C)cc(C(C)(C)C)c3O)nc3c(-c4cc(-c5ccccc5)cc(-c5cc(-c6ccccc6)ccn5)c4)cccc32)cc1-c1ccccc1. The van der Waals surface area contributed by atoms with Crippen molar-refractivity contribution in [2.24, 2.45) is 0 Å². The summed E-state index contributed by atoms with van der Waals surface area (Å²) in [6, 6.07) is 68.7. The van der Waals surface area contributed by atoms with Gasteiger partial charge in [-0.15, -0.1) is 0 Å². The number of hydrogen-bond acceptors (Lipinski definition) is 3. The molecule has 67 heavy (non-hydrogen) atoms. The molecule has 4 heteroatoms. The Bertz CT molecular complexity index is 3410. The molecule has 0 saturated carbocycles. The molecule has 0 atom stereocenters. The van der Waals surface area contributed by atoms with Gasteiger partial charge in [-0.3, -0.25) is 9.55 Å². The van der Waals surface area contributed by atoms with Crippen molar-refractivity contribution in [2.75, 3.05) is 0 Å². The van der Waals surface area contributed by atoms with E-state index in [2.05, 4.69) is 241 Å². The summed E-state index contributed by atoms with van der Waals surface area (Å²) in [7, 11) is 0. The topological polar surface area (TPSA) is 50.9 Å². The Morgan fingerprint density at radius 2 is 1.00 bits per heavy atom. The fourth-order valence-electron chi connectivity index (χ4n) is 9.35. The molecule has 0 spiro atoms. The number of hydrogen-bond donors (Lipinski definition) is 1. The highest BCUT2D eigenvalue weighted by molar-refractivity contribution is 5.99. The van der Waals surface area contributed by atoms with Crippen molar-refractivity contribution in [3.63, 3.8) is 0 Å². The molecule has 1 N–H and O–H groups in total. The van der Waals surface area contributed by atoms with Crippen molar-refractivity contribution in [1.29, 1.82) is 0 Å². The number of phenols is 1. The highest BCUT2D eigenvalue weighted by atomic mass is 16.3. The van der Waals surface area contributed by atoms with E-state index in [9.17, 15) is 5.11 Å². The molecule has 8 aromatic carbocycles. The predicted molar refractivity (Wildman–Crippen MR) is 281 cm³/mol. The molecule has 0 amide bonds. The number of fused-ring (bicyclic) bond motifs is 1. The predicted octanol–water partition coefficient (Wildman–Crippen LogP) is 16.7. The van der Waals surface area contributed by atoms with Crippen LogP contribution in [-0.2, 0) is 10.8 Å². The van der Waals surface area contributed by atoms with Crippen LogP contribution in [0.15, 0.2) is 200 Å². The van der Waals surface area contributed by atoms with E-state index < -0.39 is 0 Å². The van der Waals surface area contributed by atoms with Gasteiger partial charge >= 0.3 is 0 Å². The van der Waals surface area contributed by atoms with Gasteiger partial charge in [0.15, 0.2) is 0 Å². The summed E-state index contributed by atoms with van der Waals surface area (Å²) in [5, 5.41) is 12.7. The van der Waals surface area contributed by atoms with Gasteiger partial charge in [0.1, 0.15) is 11.6 Å². The van der Waals surface area contributed by atoms with Gasteiger partial charge in [-0.2, -0.15) is 0 Å². The Kier molecular flexibility index (Phi) is 11.1. The number of aromatic nitrogens is 3. The van der Waals surface area contributed by atoms with Crippen LogP contribution in [0.1, 0.15) is 58.2 Å². The second-order valence-corrected chi connectivity index (χ2v) is 19.7. The zero-order valence-electron chi connectivity index (χ0n) is 39.3. The minimum atomic E-state index is -0.345. The molecule has 2 heterocycles. The smallest absolute Gasteiger partial charge is 0.149 e. The Balaban J connectivity index is 1.31. The number of aryl methyl sites for hydroxylation is 1. The highest BCUT2D eigenvalue weighted by Gasteiger charge is 2.30. The maximum absolute atomic E-state index is 12.7. The summed E-state index contributed by atoms with van der Waals surface area (Å²) in [5.41, 5.74) is 18.8. The van der Waals surface area contributed by atoms with Gasteiger partial charge in [0.25, 0.3) is 0 Å². The first kappa shape index (κ1) is 43.1. The van der Waals surface area contributed by atoms with Crippen molar-refractivity contribution >= 4 is 11.0 Å². The average molecular weight is 870 g/mol. The van der Waals surface area contributed by atoms with Crippen LogP contribution in [-0.4, -0.2) is 19.6 Å². The standard InChI is InChI=1S/C63H55N3O/c1-41-33-53(45-27-18-11-19-28-45)58(40-52(41)44-25-16-10-17-26-44)66-57-30-20-29-51(59(57)65-61(66)54-38-50(62(2,3)4)39-55(60(54)67)63(5,6)7)48-34-47(43-23-14-9-15-24-43)35-49(36-48)56-37-46(31-32-64-56)42-21-12-8-13-22-42/h8-40,67H,1-7H3. The van der Waals surface area contributed by atoms with E-state index in [1.165, 1.54) is 5.56 Å². The van der Waals surface area contributed by atoms with Gasteiger partial charge in [-0.05, 0) is 128 Å². The van der Waals surface area contributed by atoms with Crippen LogP contribution < -0.4 is 0 Å². The number of aromatic hydroxyl groups is 1. The zero-order valence-corrected chi connectivity index (χ0v) is 39.3. The molecule has 0 aliphatic carbocycles. The maximum atomic E-state index is 12.7. The molecule has 0 saturated heterocycles. The number of para-hydroxylation sites is 1. The van der Waals surface area contributed by atoms with E-state index in [-0.39, 0.29) is 16.6 Å². The normalized spacial score (nSPS) is 11.9. The van der Waals surface area contributed by atoms with E-state index in [1.54, 1.807) is 0 Å². The Morgan fingerprint density at radius 1 is 0.433 bits per heavy atom. The molecule has 10 aromatic rings. The van der Waals surface area contributed by atoms with E-state index in [0.29, 0.717) is 11.4 Å². The second kappa shape index (κ2) is 17.2. The first-order chi connectivity index (χ1) is 32.3. The quantitative estimate of drug-likeness (QED) is 0.165. The molecule has 0 aliphatic heterocycles. The maximum Gasteiger partial charge on any atom is 0.149 e. The summed E-state index contributed by atoms with van der Waals surface area (Å²) < 4.78 is 2.30. The van der Waals surface area contributed by atoms with Crippen LogP contribution >= 0.6 is 0 Å². The van der Waals surface area contributed by atoms with Crippen LogP contribution in [0, 0.1) is 6.92 Å². The van der Waals surface area contributed by atoms with Gasteiger partial charge in [-0.25, -0.2) is 4.98 Å². The molecule has 10 rings (SSSR count). The highest BCUT2D eigenvalue weighted by Crippen LogP contribution is 2.47. The summed E-state index contributed by atoms with van der Waals surface area (Å²) in [6.45, 7) is 15.4. The van der Waals surface area contributed by atoms with Crippen LogP contribution in [0.2, 0.25) is 0 Å². The molecule has 0 radical (unpaired) electrons. The number of phenolic OH excluding ortho intramolecular Hbond substituents is 1. The minimum absolute atomic E-state index is 0.204. The van der Waals surface area contributed by atoms with Crippen LogP contribution in [0.4, 0.5) is 0 Å². The summed E-state index contributed by atoms with van der Waals surface area (Å²) in [6.07, 6.45) is 1.90. The van der Waals surface area contributed by atoms with Crippen molar-refractivity contribution in [3.05, 3.63) is 217 Å². The molecule has 328 valence electrons. The van der Waals surface area contributed by atoms with Crippen molar-refractivity contribution in [1.82, 2.24) is 14.5 Å². The second-order valence-electron chi connectivity index (χ2n) is 19.7. The van der Waals surface area contributed by atoms with Crippen molar-refractivity contribution in [2.45, 2.75) is 59.3 Å². The Morgan fingerprint density at radius 3 is 1.61 bits per heavy atom. The van der Waals surface area contributed by atoms with E-state index in [0.717, 1.165) is 94.7 Å². The fourth-order valence-corrected chi connectivity index (χ4v) is 9.35. The summed E-state index contributed by atoms with van der Waals surface area (Å²) in [5.74, 6) is 0.918. The summed E-state index contributed by atoms with van der Waals surface area (Å²) >= 11 is 0. The molecule has 0 bridgehead atoms. The monoisotopic (exact) mass is 869 g/mol. The van der Waals surface area contributed by atoms with E-state index in [1.807, 2.05) is 12.3 Å². The average Bonchev–Trinajstić information content (AvgIpc) is 3.73. The first-order valence-electron chi connectivity index (χ1n) is 23.2. The molecule has 0 fully saturated rings. The minimum Gasteiger partial charge on any atom is -0.507 e. The van der Waals surface area contributed by atoms with Gasteiger partial charge < -0.3 is 5.11 Å². The molecule has 0 aliphatic rings. The number of imidazole rings is 1. The van der Waals surface area contributed by atoms with E-state index >= 15 is 0 Å². The molecule has 0 unspecified atom stereocenters. The zero-order chi connectivity index (χ0) is 46.5. The lowest BCUT2D eigenvalue weighted by Gasteiger charge is -2.28. The molecule has 4 nitrogen and oxygen atoms in total. The third-order valence-electron chi connectivity index (χ3n) is 13.0. The number of nitrogens with zero attached hydrogens (tertiary/aromatic N) is 3. The van der Waals surface area contributed by atoms with Gasteiger partial charge in [0.2, 0.25) is 0 Å². The van der Waals surface area contributed by atoms with Crippen LogP contribution in [0.25, 0.3) is 95.0 Å². The third kappa shape index (κ3) is 8.36. The Hall–Kier alpha value is -7.82. The van der Waals surface area contributed by atoms with Crippen molar-refractivity contribution < 1.29 is 5.11 Å². The van der Waals surface area contributed by atoms with Gasteiger partial charge in [-0.1, -0.05) is 181 Å². The Labute approximate surface area is 395 Å².